The van der Waals surface area contributed by atoms with Crippen molar-refractivity contribution >= 4 is 54.9 Å². The summed E-state index contributed by atoms with van der Waals surface area (Å²) in [5.41, 5.74) is 8.25. The topological polar surface area (TPSA) is 102 Å². The predicted molar refractivity (Wildman–Crippen MR) is 161 cm³/mol. The van der Waals surface area contributed by atoms with Crippen LogP contribution in [0.5, 0.6) is 11.5 Å². The first-order valence-corrected chi connectivity index (χ1v) is 14.2. The number of ether oxygens (including phenoxy) is 1. The Kier molecular flexibility index (Phi) is 7.19. The molecule has 4 aromatic carbocycles. The molecule has 6 aromatic rings. The van der Waals surface area contributed by atoms with Crippen LogP contribution >= 0.6 is 22.7 Å². The first-order chi connectivity index (χ1) is 20.0. The lowest BCUT2D eigenvalue weighted by Crippen LogP contribution is -2.23. The third-order valence-electron chi connectivity index (χ3n) is 6.40. The quantitative estimate of drug-likeness (QED) is 0.269. The van der Waals surface area contributed by atoms with E-state index in [9.17, 15) is 9.59 Å². The Morgan fingerprint density at radius 2 is 1.00 bits per heavy atom. The highest BCUT2D eigenvalue weighted by molar-refractivity contribution is 7.16. The van der Waals surface area contributed by atoms with Crippen molar-refractivity contribution in [3.8, 4) is 11.5 Å². The summed E-state index contributed by atoms with van der Waals surface area (Å²) in [5, 5.41) is 8.57. The lowest BCUT2D eigenvalue weighted by molar-refractivity contribution is 0.0945. The van der Waals surface area contributed by atoms with Gasteiger partial charge in [-0.05, 0) is 72.8 Å². The van der Waals surface area contributed by atoms with Gasteiger partial charge in [0.1, 0.15) is 11.5 Å². The third-order valence-corrected chi connectivity index (χ3v) is 8.63. The molecule has 9 nitrogen and oxygen atoms in total. The van der Waals surface area contributed by atoms with Gasteiger partial charge in [-0.3, -0.25) is 9.59 Å². The lowest BCUT2D eigenvalue weighted by atomic mass is 10.2. The summed E-state index contributed by atoms with van der Waals surface area (Å²) < 4.78 is 11.9. The highest BCUT2D eigenvalue weighted by atomic mass is 32.1. The average molecular weight is 581 g/mol. The molecular weight excluding hydrogens is 557 g/mol. The standard InChI is InChI=1S/C30H24N6O3S2/c1-35-23-7-3-5-9-25(23)40-29(35)33-31-27(37)19-11-15-21(16-12-19)39-22-17-13-20(14-18-22)28(38)32-34-30-36(2)24-8-4-6-10-26(24)41-30/h3-18H,1-2H3,(H,31,37)(H,32,38)/b33-29+,34-30+. The van der Waals surface area contributed by atoms with Gasteiger partial charge in [0.2, 0.25) is 9.60 Å². The van der Waals surface area contributed by atoms with Crippen molar-refractivity contribution in [3.63, 3.8) is 0 Å². The summed E-state index contributed by atoms with van der Waals surface area (Å²) in [6.45, 7) is 0. The van der Waals surface area contributed by atoms with Crippen molar-refractivity contribution in [1.82, 2.24) is 20.0 Å². The number of fused-ring (bicyclic) bond motifs is 2. The Balaban J connectivity index is 1.07. The van der Waals surface area contributed by atoms with E-state index in [-0.39, 0.29) is 11.8 Å². The number of aryl methyl sites for hydroxylation is 2. The minimum Gasteiger partial charge on any atom is -0.457 e. The summed E-state index contributed by atoms with van der Waals surface area (Å²) in [4.78, 5) is 26.6. The first-order valence-electron chi connectivity index (χ1n) is 12.6. The molecule has 0 aliphatic carbocycles. The van der Waals surface area contributed by atoms with Crippen molar-refractivity contribution in [3.05, 3.63) is 118 Å². The fourth-order valence-corrected chi connectivity index (χ4v) is 6.15. The van der Waals surface area contributed by atoms with Crippen LogP contribution < -0.4 is 25.2 Å². The van der Waals surface area contributed by atoms with Crippen LogP contribution in [0.4, 0.5) is 0 Å². The number of para-hydroxylation sites is 2. The molecule has 2 amide bonds. The minimum absolute atomic E-state index is 0.320. The van der Waals surface area contributed by atoms with Crippen molar-refractivity contribution < 1.29 is 14.3 Å². The average Bonchev–Trinajstić information content (AvgIpc) is 3.51. The van der Waals surface area contributed by atoms with Gasteiger partial charge in [0.05, 0.1) is 20.4 Å². The Labute approximate surface area is 242 Å². The van der Waals surface area contributed by atoms with E-state index in [2.05, 4.69) is 21.1 Å². The van der Waals surface area contributed by atoms with Crippen LogP contribution in [0.2, 0.25) is 0 Å². The fourth-order valence-electron chi connectivity index (χ4n) is 4.19. The van der Waals surface area contributed by atoms with Crippen LogP contribution in [0.25, 0.3) is 20.4 Å². The van der Waals surface area contributed by atoms with Crippen molar-refractivity contribution in [1.29, 1.82) is 0 Å². The molecule has 2 heterocycles. The SMILES string of the molecule is Cn1/c(=N\NC(=O)c2ccc(Oc3ccc(C(=O)N/N=c4/sc5ccccc5n4C)cc3)cc2)sc2ccccc21. The maximum Gasteiger partial charge on any atom is 0.271 e. The number of hydrogen-bond donors (Lipinski definition) is 2. The molecule has 11 heteroatoms. The Bertz CT molecular complexity index is 1890. The van der Waals surface area contributed by atoms with Gasteiger partial charge in [-0.15, -0.1) is 10.2 Å². The van der Waals surface area contributed by atoms with Gasteiger partial charge in [-0.1, -0.05) is 46.9 Å². The molecule has 0 aliphatic rings. The molecule has 204 valence electrons. The van der Waals surface area contributed by atoms with E-state index in [1.807, 2.05) is 71.8 Å². The number of thiazole rings is 2. The van der Waals surface area contributed by atoms with E-state index in [1.54, 1.807) is 48.5 Å². The molecule has 0 radical (unpaired) electrons. The molecule has 0 spiro atoms. The van der Waals surface area contributed by atoms with Gasteiger partial charge in [0, 0.05) is 25.2 Å². The first kappa shape index (κ1) is 26.2. The normalized spacial score (nSPS) is 12.1. The number of carbonyl (C=O) groups excluding carboxylic acids is 2. The van der Waals surface area contributed by atoms with Gasteiger partial charge in [0.25, 0.3) is 11.8 Å². The second-order valence-corrected chi connectivity index (χ2v) is 11.1. The molecule has 0 saturated carbocycles. The number of nitrogens with one attached hydrogen (secondary N) is 2. The Morgan fingerprint density at radius 1 is 0.610 bits per heavy atom. The van der Waals surface area contributed by atoms with Crippen LogP contribution in [-0.2, 0) is 14.1 Å². The van der Waals surface area contributed by atoms with Gasteiger partial charge in [-0.2, -0.15) is 0 Å². The zero-order valence-corrected chi connectivity index (χ0v) is 23.7. The summed E-state index contributed by atoms with van der Waals surface area (Å²) >= 11 is 3.00. The molecule has 0 unspecified atom stereocenters. The summed E-state index contributed by atoms with van der Waals surface area (Å²) in [7, 11) is 3.83. The number of rotatable bonds is 6. The molecule has 0 bridgehead atoms. The number of aromatic nitrogens is 2. The summed E-state index contributed by atoms with van der Waals surface area (Å²) in [5.74, 6) is 0.468. The fraction of sp³-hybridized carbons (Fsp3) is 0.0667. The zero-order valence-electron chi connectivity index (χ0n) is 22.1. The molecular formula is C30H24N6O3S2. The van der Waals surface area contributed by atoms with Crippen LogP contribution in [0.1, 0.15) is 20.7 Å². The zero-order chi connectivity index (χ0) is 28.3. The summed E-state index contributed by atoms with van der Waals surface area (Å²) in [6, 6.07) is 29.5. The predicted octanol–water partition coefficient (Wildman–Crippen LogP) is 5.08. The van der Waals surface area contributed by atoms with Gasteiger partial charge in [0.15, 0.2) is 0 Å². The van der Waals surface area contributed by atoms with Crippen LogP contribution in [0.15, 0.2) is 107 Å². The van der Waals surface area contributed by atoms with Crippen LogP contribution in [0, 0.1) is 0 Å². The maximum absolute atomic E-state index is 12.6. The molecule has 2 N–H and O–H groups in total. The minimum atomic E-state index is -0.320. The van der Waals surface area contributed by atoms with Crippen LogP contribution in [0.3, 0.4) is 0 Å². The van der Waals surface area contributed by atoms with E-state index in [0.29, 0.717) is 32.2 Å². The van der Waals surface area contributed by atoms with E-state index in [0.717, 1.165) is 20.4 Å². The monoisotopic (exact) mass is 580 g/mol. The van der Waals surface area contributed by atoms with Crippen molar-refractivity contribution in [2.24, 2.45) is 24.3 Å². The van der Waals surface area contributed by atoms with E-state index in [1.165, 1.54) is 22.7 Å². The van der Waals surface area contributed by atoms with Crippen LogP contribution in [-0.4, -0.2) is 20.9 Å². The van der Waals surface area contributed by atoms with E-state index < -0.39 is 0 Å². The molecule has 2 aromatic heterocycles. The number of hydrogen-bond acceptors (Lipinski definition) is 7. The summed E-state index contributed by atoms with van der Waals surface area (Å²) in [6.07, 6.45) is 0. The molecule has 0 atom stereocenters. The second kappa shape index (κ2) is 11.2. The van der Waals surface area contributed by atoms with Gasteiger partial charge >= 0.3 is 0 Å². The number of nitrogens with zero attached hydrogens (tertiary/aromatic N) is 4. The lowest BCUT2D eigenvalue weighted by Gasteiger charge is -2.07. The second-order valence-electron chi connectivity index (χ2n) is 9.08. The van der Waals surface area contributed by atoms with E-state index >= 15 is 0 Å². The van der Waals surface area contributed by atoms with Crippen molar-refractivity contribution in [2.75, 3.05) is 0 Å². The molecule has 6 rings (SSSR count). The number of amides is 2. The number of carbonyl (C=O) groups is 2. The highest BCUT2D eigenvalue weighted by Gasteiger charge is 2.09. The molecule has 41 heavy (non-hydrogen) atoms. The van der Waals surface area contributed by atoms with Gasteiger partial charge in [-0.25, -0.2) is 10.9 Å². The van der Waals surface area contributed by atoms with Crippen molar-refractivity contribution in [2.45, 2.75) is 0 Å². The maximum atomic E-state index is 12.6. The molecule has 0 aliphatic heterocycles. The largest absolute Gasteiger partial charge is 0.457 e. The smallest absolute Gasteiger partial charge is 0.271 e. The third kappa shape index (κ3) is 5.53. The Hall–Kier alpha value is -5.00. The van der Waals surface area contributed by atoms with Gasteiger partial charge < -0.3 is 13.9 Å². The molecule has 0 fully saturated rings. The number of benzene rings is 4. The Morgan fingerprint density at radius 3 is 1.39 bits per heavy atom. The van der Waals surface area contributed by atoms with E-state index in [4.69, 9.17) is 4.74 Å². The highest BCUT2D eigenvalue weighted by Crippen LogP contribution is 2.22. The molecule has 0 saturated heterocycles.